The molecule has 1 aliphatic heterocycles. The highest BCUT2D eigenvalue weighted by Gasteiger charge is 2.33. The summed E-state index contributed by atoms with van der Waals surface area (Å²) in [5, 5.41) is 9.69. The maximum absolute atomic E-state index is 13.4. The van der Waals surface area contributed by atoms with Crippen LogP contribution in [0.15, 0.2) is 71.0 Å². The predicted octanol–water partition coefficient (Wildman–Crippen LogP) is 1.69. The molecule has 0 radical (unpaired) electrons. The molecular formula is C27H35N5O7S2. The van der Waals surface area contributed by atoms with Crippen molar-refractivity contribution in [3.05, 3.63) is 66.6 Å². The topological polar surface area (TPSA) is 151 Å². The Morgan fingerprint density at radius 2 is 1.88 bits per heavy atom. The second-order valence-corrected chi connectivity index (χ2v) is 14.0. The van der Waals surface area contributed by atoms with Gasteiger partial charge in [0.1, 0.15) is 11.9 Å². The van der Waals surface area contributed by atoms with Gasteiger partial charge < -0.3 is 19.3 Å². The van der Waals surface area contributed by atoms with E-state index in [2.05, 4.69) is 9.71 Å². The molecule has 0 saturated carbocycles. The lowest BCUT2D eigenvalue weighted by Crippen LogP contribution is -2.48. The first kappa shape index (κ1) is 30.5. The van der Waals surface area contributed by atoms with Gasteiger partial charge in [0.05, 0.1) is 36.8 Å². The van der Waals surface area contributed by atoms with Gasteiger partial charge in [0.25, 0.3) is 10.0 Å². The van der Waals surface area contributed by atoms with Crippen LogP contribution in [0.4, 0.5) is 5.69 Å². The molecule has 1 aromatic heterocycles. The Morgan fingerprint density at radius 1 is 1.17 bits per heavy atom. The number of carbonyl (C=O) groups is 1. The van der Waals surface area contributed by atoms with Crippen LogP contribution in [0.2, 0.25) is 0 Å². The fourth-order valence-corrected chi connectivity index (χ4v) is 6.81. The van der Waals surface area contributed by atoms with E-state index in [0.29, 0.717) is 11.3 Å². The van der Waals surface area contributed by atoms with Gasteiger partial charge in [0, 0.05) is 44.0 Å². The summed E-state index contributed by atoms with van der Waals surface area (Å²) in [6.07, 6.45) is 1.95. The number of imidazole rings is 1. The van der Waals surface area contributed by atoms with Crippen molar-refractivity contribution >= 4 is 31.6 Å². The summed E-state index contributed by atoms with van der Waals surface area (Å²) in [7, 11) is -4.68. The zero-order valence-corrected chi connectivity index (χ0v) is 25.0. The summed E-state index contributed by atoms with van der Waals surface area (Å²) < 4.78 is 63.8. The number of ether oxygens (including phenoxy) is 1. The van der Waals surface area contributed by atoms with E-state index in [1.165, 1.54) is 52.7 Å². The van der Waals surface area contributed by atoms with Crippen LogP contribution in [0, 0.1) is 5.92 Å². The number of sulfonamides is 2. The molecule has 3 atom stereocenters. The third-order valence-corrected chi connectivity index (χ3v) is 10.1. The van der Waals surface area contributed by atoms with Gasteiger partial charge in [0.15, 0.2) is 5.03 Å². The molecule has 4 rings (SSSR count). The minimum absolute atomic E-state index is 0.0125. The van der Waals surface area contributed by atoms with Crippen molar-refractivity contribution in [2.45, 2.75) is 42.3 Å². The Balaban J connectivity index is 1.68. The molecule has 0 spiro atoms. The summed E-state index contributed by atoms with van der Waals surface area (Å²) in [5.74, 6) is -0.270. The van der Waals surface area contributed by atoms with E-state index in [1.807, 2.05) is 6.92 Å². The smallest absolute Gasteiger partial charge is 0.280 e. The van der Waals surface area contributed by atoms with Gasteiger partial charge in [-0.2, -0.15) is 12.7 Å². The molecular weight excluding hydrogens is 570 g/mol. The minimum Gasteiger partial charge on any atom is -0.488 e. The quantitative estimate of drug-likeness (QED) is 0.374. The van der Waals surface area contributed by atoms with Crippen molar-refractivity contribution in [1.82, 2.24) is 18.8 Å². The van der Waals surface area contributed by atoms with Gasteiger partial charge in [-0.25, -0.2) is 13.4 Å². The van der Waals surface area contributed by atoms with Gasteiger partial charge in [-0.1, -0.05) is 25.1 Å². The third-order valence-electron chi connectivity index (χ3n) is 7.01. The second-order valence-electron chi connectivity index (χ2n) is 10.3. The molecule has 3 aromatic rings. The number of benzene rings is 2. The van der Waals surface area contributed by atoms with Crippen molar-refractivity contribution < 1.29 is 31.5 Å². The molecule has 2 heterocycles. The molecule has 0 saturated heterocycles. The van der Waals surface area contributed by atoms with E-state index in [1.54, 1.807) is 43.1 Å². The molecule has 0 unspecified atom stereocenters. The summed E-state index contributed by atoms with van der Waals surface area (Å²) >= 11 is 0. The first-order chi connectivity index (χ1) is 19.3. The normalized spacial score (nSPS) is 19.1. The number of nitrogens with zero attached hydrogens (tertiary/aromatic N) is 4. The first-order valence-electron chi connectivity index (χ1n) is 13.0. The lowest BCUT2D eigenvalue weighted by atomic mass is 10.0. The number of anilines is 1. The highest BCUT2D eigenvalue weighted by Crippen LogP contribution is 2.30. The Labute approximate surface area is 240 Å². The van der Waals surface area contributed by atoms with Crippen molar-refractivity contribution in [1.29, 1.82) is 0 Å². The Kier molecular flexibility index (Phi) is 9.07. The molecule has 0 aliphatic carbocycles. The second kappa shape index (κ2) is 12.2. The number of aromatic nitrogens is 2. The van der Waals surface area contributed by atoms with Crippen molar-refractivity contribution in [3.63, 3.8) is 0 Å². The predicted molar refractivity (Wildman–Crippen MR) is 152 cm³/mol. The number of nitrogens with one attached hydrogen (secondary N) is 1. The van der Waals surface area contributed by atoms with Gasteiger partial charge in [-0.15, -0.1) is 0 Å². The molecule has 0 fully saturated rings. The number of aliphatic hydroxyl groups excluding tert-OH is 1. The first-order valence-corrected chi connectivity index (χ1v) is 16.0. The number of aryl methyl sites for hydroxylation is 1. The Bertz CT molecular complexity index is 1590. The standard InChI is InChI=1S/C27H35N5O7S2/c1-19-14-32(20(2)17-33)27(34)13-21-12-22(29-40(35,36)26-16-30(3)18-28-26)10-11-24(21)39-25(19)15-31(4)41(37,38)23-8-6-5-7-9-23/h5-12,16,18-20,25,29,33H,13-15,17H2,1-4H3/t19-,20-,25+/m0/s1. The van der Waals surface area contributed by atoms with Gasteiger partial charge >= 0.3 is 0 Å². The minimum atomic E-state index is -3.99. The molecule has 222 valence electrons. The number of amides is 1. The molecule has 0 bridgehead atoms. The zero-order valence-electron chi connectivity index (χ0n) is 23.3. The lowest BCUT2D eigenvalue weighted by Gasteiger charge is -2.33. The van der Waals surface area contributed by atoms with E-state index in [4.69, 9.17) is 4.74 Å². The molecule has 41 heavy (non-hydrogen) atoms. The number of carbonyl (C=O) groups excluding carboxylic acids is 1. The molecule has 2 N–H and O–H groups in total. The maximum atomic E-state index is 13.4. The van der Waals surface area contributed by atoms with Gasteiger partial charge in [0.2, 0.25) is 15.9 Å². The van der Waals surface area contributed by atoms with Crippen LogP contribution in [0.3, 0.4) is 0 Å². The van der Waals surface area contributed by atoms with Crippen LogP contribution in [-0.4, -0.2) is 85.5 Å². The van der Waals surface area contributed by atoms with E-state index in [9.17, 15) is 26.7 Å². The zero-order chi connectivity index (χ0) is 29.9. The average Bonchev–Trinajstić information content (AvgIpc) is 3.40. The fourth-order valence-electron chi connectivity index (χ4n) is 4.57. The van der Waals surface area contributed by atoms with E-state index < -0.39 is 32.2 Å². The van der Waals surface area contributed by atoms with Gasteiger partial charge in [-0.3, -0.25) is 9.52 Å². The Hall–Kier alpha value is -3.46. The van der Waals surface area contributed by atoms with Crippen LogP contribution < -0.4 is 9.46 Å². The number of rotatable bonds is 9. The molecule has 1 aliphatic rings. The van der Waals surface area contributed by atoms with Crippen molar-refractivity contribution in [3.8, 4) is 5.75 Å². The molecule has 1 amide bonds. The molecule has 14 heteroatoms. The number of fused-ring (bicyclic) bond motifs is 1. The van der Waals surface area contributed by atoms with Crippen LogP contribution in [0.1, 0.15) is 19.4 Å². The average molecular weight is 606 g/mol. The highest BCUT2D eigenvalue weighted by atomic mass is 32.2. The highest BCUT2D eigenvalue weighted by molar-refractivity contribution is 7.92. The monoisotopic (exact) mass is 605 g/mol. The Morgan fingerprint density at radius 3 is 2.51 bits per heavy atom. The number of aliphatic hydroxyl groups is 1. The summed E-state index contributed by atoms with van der Waals surface area (Å²) in [6.45, 7) is 3.53. The number of hydrogen-bond acceptors (Lipinski definition) is 8. The van der Waals surface area contributed by atoms with Crippen molar-refractivity contribution in [2.75, 3.05) is 31.5 Å². The summed E-state index contributed by atoms with van der Waals surface area (Å²) in [6, 6.07) is 12.2. The molecule has 2 aromatic carbocycles. The maximum Gasteiger partial charge on any atom is 0.280 e. The lowest BCUT2D eigenvalue weighted by molar-refractivity contribution is -0.134. The van der Waals surface area contributed by atoms with Crippen LogP contribution >= 0.6 is 0 Å². The van der Waals surface area contributed by atoms with E-state index >= 15 is 0 Å². The van der Waals surface area contributed by atoms with Gasteiger partial charge in [-0.05, 0) is 37.3 Å². The molecule has 12 nitrogen and oxygen atoms in total. The van der Waals surface area contributed by atoms with Crippen LogP contribution in [-0.2, 0) is 38.3 Å². The number of hydrogen-bond donors (Lipinski definition) is 2. The SMILES string of the molecule is C[C@H]1CN([C@@H](C)CO)C(=O)Cc2cc(NS(=O)(=O)c3cn(C)cn3)ccc2O[C@@H]1CN(C)S(=O)(=O)c1ccccc1. The number of likely N-dealkylation sites (N-methyl/N-ethyl adjacent to an activating group) is 1. The van der Waals surface area contributed by atoms with Crippen molar-refractivity contribution in [2.24, 2.45) is 13.0 Å². The summed E-state index contributed by atoms with van der Waals surface area (Å²) in [4.78, 5) is 19.0. The van der Waals surface area contributed by atoms with E-state index in [0.717, 1.165) is 0 Å². The van der Waals surface area contributed by atoms with Crippen LogP contribution in [0.25, 0.3) is 0 Å². The van der Waals surface area contributed by atoms with Crippen LogP contribution in [0.5, 0.6) is 5.75 Å². The third kappa shape index (κ3) is 6.89. The largest absolute Gasteiger partial charge is 0.488 e. The fraction of sp³-hybridized carbons (Fsp3) is 0.407. The summed E-state index contributed by atoms with van der Waals surface area (Å²) in [5.41, 5.74) is 0.624. The van der Waals surface area contributed by atoms with E-state index in [-0.39, 0.29) is 53.6 Å².